The Bertz CT molecular complexity index is 413. The normalized spacial score (nSPS) is 13.9. The lowest BCUT2D eigenvalue weighted by atomic mass is 10.0. The summed E-state index contributed by atoms with van der Waals surface area (Å²) in [6, 6.07) is 8.41. The molecule has 0 heterocycles. The lowest BCUT2D eigenvalue weighted by Gasteiger charge is -2.26. The number of hydrogen-bond acceptors (Lipinski definition) is 2. The van der Waals surface area contributed by atoms with E-state index in [-0.39, 0.29) is 18.0 Å². The summed E-state index contributed by atoms with van der Waals surface area (Å²) >= 11 is 0. The van der Waals surface area contributed by atoms with Gasteiger partial charge in [0.1, 0.15) is 0 Å². The molecule has 19 heavy (non-hydrogen) atoms. The Balaban J connectivity index is 2.66. The van der Waals surface area contributed by atoms with Crippen molar-refractivity contribution < 1.29 is 4.79 Å². The van der Waals surface area contributed by atoms with Gasteiger partial charge in [-0.2, -0.15) is 0 Å². The van der Waals surface area contributed by atoms with Gasteiger partial charge in [-0.05, 0) is 40.2 Å². The van der Waals surface area contributed by atoms with Gasteiger partial charge in [0.2, 0.25) is 5.91 Å². The summed E-state index contributed by atoms with van der Waals surface area (Å²) in [5.41, 5.74) is 2.47. The number of hydrogen-bond donors (Lipinski definition) is 1. The Morgan fingerprint density at radius 1 is 1.26 bits per heavy atom. The fraction of sp³-hybridized carbons (Fsp3) is 0.562. The molecule has 0 aliphatic carbocycles. The van der Waals surface area contributed by atoms with E-state index in [9.17, 15) is 4.79 Å². The number of amides is 1. The van der Waals surface area contributed by atoms with Gasteiger partial charge < -0.3 is 4.90 Å². The van der Waals surface area contributed by atoms with Crippen molar-refractivity contribution in [1.82, 2.24) is 10.2 Å². The summed E-state index contributed by atoms with van der Waals surface area (Å²) in [5, 5.41) is 3.38. The van der Waals surface area contributed by atoms with Crippen molar-refractivity contribution in [2.24, 2.45) is 0 Å². The number of carbonyl (C=O) groups is 1. The lowest BCUT2D eigenvalue weighted by Crippen LogP contribution is -2.45. The van der Waals surface area contributed by atoms with Crippen molar-refractivity contribution >= 4 is 5.91 Å². The molecule has 0 fully saturated rings. The van der Waals surface area contributed by atoms with Crippen LogP contribution in [0.25, 0.3) is 0 Å². The zero-order valence-corrected chi connectivity index (χ0v) is 12.7. The monoisotopic (exact) mass is 262 g/mol. The first kappa shape index (κ1) is 15.7. The summed E-state index contributed by atoms with van der Waals surface area (Å²) in [4.78, 5) is 14.1. The van der Waals surface area contributed by atoms with Gasteiger partial charge in [-0.25, -0.2) is 0 Å². The third kappa shape index (κ3) is 4.35. The third-order valence-electron chi connectivity index (χ3n) is 3.49. The van der Waals surface area contributed by atoms with Gasteiger partial charge in [0.05, 0.1) is 6.04 Å². The van der Waals surface area contributed by atoms with Crippen molar-refractivity contribution in [3.05, 3.63) is 35.4 Å². The number of carbonyl (C=O) groups excluding carboxylic acids is 1. The van der Waals surface area contributed by atoms with Crippen LogP contribution in [0, 0.1) is 6.92 Å². The molecule has 0 aromatic heterocycles. The molecular formula is C16H26N2O. The van der Waals surface area contributed by atoms with Crippen LogP contribution in [0.15, 0.2) is 24.3 Å². The Labute approximate surface area is 117 Å². The van der Waals surface area contributed by atoms with Gasteiger partial charge in [0.25, 0.3) is 0 Å². The third-order valence-corrected chi connectivity index (χ3v) is 3.49. The molecule has 0 aliphatic rings. The molecule has 0 saturated carbocycles. The van der Waals surface area contributed by atoms with Crippen molar-refractivity contribution in [2.45, 2.75) is 46.7 Å². The molecule has 2 atom stereocenters. The molecule has 1 unspecified atom stereocenters. The topological polar surface area (TPSA) is 32.3 Å². The SMILES string of the molecule is CCN(CC)C(=O)C(C)N[C@@H](C)c1cccc(C)c1. The van der Waals surface area contributed by atoms with Gasteiger partial charge in [0, 0.05) is 19.1 Å². The second-order valence-electron chi connectivity index (χ2n) is 5.03. The van der Waals surface area contributed by atoms with Crippen LogP contribution in [-0.2, 0) is 4.79 Å². The molecule has 0 radical (unpaired) electrons. The van der Waals surface area contributed by atoms with E-state index in [2.05, 4.69) is 43.4 Å². The summed E-state index contributed by atoms with van der Waals surface area (Å²) in [7, 11) is 0. The molecule has 1 rings (SSSR count). The zero-order chi connectivity index (χ0) is 14.4. The highest BCUT2D eigenvalue weighted by molar-refractivity contribution is 5.81. The van der Waals surface area contributed by atoms with Gasteiger partial charge >= 0.3 is 0 Å². The van der Waals surface area contributed by atoms with Crippen molar-refractivity contribution in [3.63, 3.8) is 0 Å². The molecule has 3 nitrogen and oxygen atoms in total. The first-order valence-electron chi connectivity index (χ1n) is 7.11. The van der Waals surface area contributed by atoms with Crippen LogP contribution in [0.3, 0.4) is 0 Å². The van der Waals surface area contributed by atoms with Crippen LogP contribution >= 0.6 is 0 Å². The van der Waals surface area contributed by atoms with E-state index in [0.29, 0.717) is 0 Å². The Hall–Kier alpha value is -1.35. The fourth-order valence-corrected chi connectivity index (χ4v) is 2.29. The molecule has 1 aromatic rings. The number of benzene rings is 1. The summed E-state index contributed by atoms with van der Waals surface area (Å²) < 4.78 is 0. The second kappa shape index (κ2) is 7.29. The Kier molecular flexibility index (Phi) is 6.03. The maximum atomic E-state index is 12.2. The van der Waals surface area contributed by atoms with E-state index in [1.165, 1.54) is 11.1 Å². The highest BCUT2D eigenvalue weighted by Gasteiger charge is 2.20. The van der Waals surface area contributed by atoms with E-state index in [4.69, 9.17) is 0 Å². The number of likely N-dealkylation sites (N-methyl/N-ethyl adjacent to an activating group) is 1. The fourth-order valence-electron chi connectivity index (χ4n) is 2.29. The molecule has 1 amide bonds. The summed E-state index contributed by atoms with van der Waals surface area (Å²) in [6.45, 7) is 11.7. The van der Waals surface area contributed by atoms with Crippen LogP contribution in [-0.4, -0.2) is 29.9 Å². The number of rotatable bonds is 6. The maximum absolute atomic E-state index is 12.2. The molecule has 0 saturated heterocycles. The van der Waals surface area contributed by atoms with Crippen LogP contribution in [0.5, 0.6) is 0 Å². The van der Waals surface area contributed by atoms with E-state index in [1.807, 2.05) is 25.7 Å². The van der Waals surface area contributed by atoms with E-state index in [1.54, 1.807) is 0 Å². The van der Waals surface area contributed by atoms with Crippen LogP contribution in [0.4, 0.5) is 0 Å². The predicted octanol–water partition coefficient (Wildman–Crippen LogP) is 2.90. The molecule has 3 heteroatoms. The minimum Gasteiger partial charge on any atom is -0.342 e. The molecule has 0 bridgehead atoms. The molecule has 1 aromatic carbocycles. The van der Waals surface area contributed by atoms with Crippen LogP contribution in [0.1, 0.15) is 44.9 Å². The van der Waals surface area contributed by atoms with Gasteiger partial charge in [-0.15, -0.1) is 0 Å². The molecule has 106 valence electrons. The van der Waals surface area contributed by atoms with Crippen molar-refractivity contribution in [1.29, 1.82) is 0 Å². The average molecular weight is 262 g/mol. The molecule has 0 aliphatic heterocycles. The number of aryl methyl sites for hydroxylation is 1. The smallest absolute Gasteiger partial charge is 0.239 e. The van der Waals surface area contributed by atoms with Crippen molar-refractivity contribution in [2.75, 3.05) is 13.1 Å². The summed E-state index contributed by atoms with van der Waals surface area (Å²) in [6.07, 6.45) is 0. The maximum Gasteiger partial charge on any atom is 0.239 e. The van der Waals surface area contributed by atoms with Gasteiger partial charge in [-0.1, -0.05) is 29.8 Å². The zero-order valence-electron chi connectivity index (χ0n) is 12.7. The second-order valence-corrected chi connectivity index (χ2v) is 5.03. The van der Waals surface area contributed by atoms with Gasteiger partial charge in [-0.3, -0.25) is 10.1 Å². The largest absolute Gasteiger partial charge is 0.342 e. The lowest BCUT2D eigenvalue weighted by molar-refractivity contribution is -0.132. The summed E-state index contributed by atoms with van der Waals surface area (Å²) in [5.74, 6) is 0.171. The Morgan fingerprint density at radius 2 is 1.89 bits per heavy atom. The number of nitrogens with zero attached hydrogens (tertiary/aromatic N) is 1. The van der Waals surface area contributed by atoms with Crippen LogP contribution in [0.2, 0.25) is 0 Å². The quantitative estimate of drug-likeness (QED) is 0.855. The Morgan fingerprint density at radius 3 is 2.42 bits per heavy atom. The predicted molar refractivity (Wildman–Crippen MR) is 80.1 cm³/mol. The van der Waals surface area contributed by atoms with Crippen LogP contribution < -0.4 is 5.32 Å². The minimum atomic E-state index is -0.157. The van der Waals surface area contributed by atoms with E-state index in [0.717, 1.165) is 13.1 Å². The number of nitrogens with one attached hydrogen (secondary N) is 1. The standard InChI is InChI=1S/C16H26N2O/c1-6-18(7-2)16(19)14(5)17-13(4)15-10-8-9-12(3)11-15/h8-11,13-14,17H,6-7H2,1-5H3/t13-,14?/m0/s1. The van der Waals surface area contributed by atoms with E-state index < -0.39 is 0 Å². The first-order chi connectivity index (χ1) is 8.99. The molecular weight excluding hydrogens is 236 g/mol. The highest BCUT2D eigenvalue weighted by Crippen LogP contribution is 2.14. The van der Waals surface area contributed by atoms with E-state index >= 15 is 0 Å². The van der Waals surface area contributed by atoms with Crippen molar-refractivity contribution in [3.8, 4) is 0 Å². The molecule has 1 N–H and O–H groups in total. The van der Waals surface area contributed by atoms with Gasteiger partial charge in [0.15, 0.2) is 0 Å². The highest BCUT2D eigenvalue weighted by atomic mass is 16.2. The molecule has 0 spiro atoms. The first-order valence-corrected chi connectivity index (χ1v) is 7.11. The minimum absolute atomic E-state index is 0.157. The average Bonchev–Trinajstić information content (AvgIpc) is 2.39.